The van der Waals surface area contributed by atoms with Gasteiger partial charge in [-0.25, -0.2) is 9.50 Å². The molecule has 1 saturated heterocycles. The Balaban J connectivity index is 0.00000274. The molecule has 1 aromatic carbocycles. The molecule has 3 aromatic rings. The SMILES string of the molecule is Cc1ccc2c(c1)C(N)(C(=O)N(C)[C@@H](C)c1cc3nc(N4CC[C@H](N)C4)c(C)cn3n1)CC2.Cl. The Kier molecular flexibility index (Phi) is 6.35. The molecule has 0 bridgehead atoms. The van der Waals surface area contributed by atoms with Crippen LogP contribution in [0.4, 0.5) is 5.82 Å². The van der Waals surface area contributed by atoms with Crippen molar-refractivity contribution >= 4 is 29.8 Å². The lowest BCUT2D eigenvalue weighted by atomic mass is 9.90. The molecule has 4 N–H and O–H groups in total. The van der Waals surface area contributed by atoms with Crippen molar-refractivity contribution in [1.29, 1.82) is 0 Å². The first kappa shape index (κ1) is 24.4. The van der Waals surface area contributed by atoms with Crippen LogP contribution in [0.1, 0.15) is 53.8 Å². The van der Waals surface area contributed by atoms with E-state index in [-0.39, 0.29) is 30.4 Å². The molecule has 1 unspecified atom stereocenters. The second-order valence-electron chi connectivity index (χ2n) is 9.84. The van der Waals surface area contributed by atoms with Crippen molar-refractivity contribution in [2.45, 2.75) is 57.7 Å². The van der Waals surface area contributed by atoms with Crippen LogP contribution in [0, 0.1) is 13.8 Å². The standard InChI is InChI=1S/C25H33N7O.ClH/c1-15-5-6-18-7-9-25(27,20(18)11-15)24(33)30(4)17(3)21-12-22-28-23(16(2)13-32(22)29-21)31-10-8-19(26)14-31;/h5-6,11-13,17,19H,7-10,14,26-27H2,1-4H3;1H/t17-,19-,25?;/m0./s1. The summed E-state index contributed by atoms with van der Waals surface area (Å²) in [5.74, 6) is 0.880. The molecule has 9 heteroatoms. The minimum atomic E-state index is -1.000. The summed E-state index contributed by atoms with van der Waals surface area (Å²) in [4.78, 5) is 22.5. The van der Waals surface area contributed by atoms with Gasteiger partial charge in [0.2, 0.25) is 5.91 Å². The number of amides is 1. The molecule has 182 valence electrons. The van der Waals surface area contributed by atoms with Crippen molar-refractivity contribution in [3.05, 3.63) is 58.4 Å². The number of aromatic nitrogens is 3. The number of benzene rings is 1. The maximum Gasteiger partial charge on any atom is 0.247 e. The summed E-state index contributed by atoms with van der Waals surface area (Å²) in [5.41, 5.74) is 17.7. The first-order chi connectivity index (χ1) is 15.7. The average Bonchev–Trinajstić information content (AvgIpc) is 3.49. The Hall–Kier alpha value is -2.68. The van der Waals surface area contributed by atoms with Gasteiger partial charge in [-0.15, -0.1) is 12.4 Å². The molecule has 5 rings (SSSR count). The third-order valence-corrected chi connectivity index (χ3v) is 7.39. The Labute approximate surface area is 206 Å². The molecule has 1 aliphatic heterocycles. The summed E-state index contributed by atoms with van der Waals surface area (Å²) in [7, 11) is 1.81. The molecular weight excluding hydrogens is 450 g/mol. The number of nitrogens with two attached hydrogens (primary N) is 2. The van der Waals surface area contributed by atoms with Crippen molar-refractivity contribution in [2.24, 2.45) is 11.5 Å². The zero-order valence-corrected chi connectivity index (χ0v) is 21.1. The number of fused-ring (bicyclic) bond motifs is 2. The van der Waals surface area contributed by atoms with E-state index in [2.05, 4.69) is 23.1 Å². The molecule has 1 amide bonds. The predicted octanol–water partition coefficient (Wildman–Crippen LogP) is 2.63. The van der Waals surface area contributed by atoms with Gasteiger partial charge in [0.25, 0.3) is 0 Å². The van der Waals surface area contributed by atoms with E-state index in [9.17, 15) is 4.79 Å². The van der Waals surface area contributed by atoms with Gasteiger partial charge in [0, 0.05) is 44.0 Å². The van der Waals surface area contributed by atoms with E-state index in [1.165, 1.54) is 5.56 Å². The molecule has 3 heterocycles. The van der Waals surface area contributed by atoms with Crippen LogP contribution >= 0.6 is 12.4 Å². The van der Waals surface area contributed by atoms with Gasteiger partial charge < -0.3 is 21.3 Å². The highest BCUT2D eigenvalue weighted by molar-refractivity contribution is 5.89. The fraction of sp³-hybridized carbons (Fsp3) is 0.480. The number of anilines is 1. The minimum absolute atomic E-state index is 0. The smallest absolute Gasteiger partial charge is 0.247 e. The summed E-state index contributed by atoms with van der Waals surface area (Å²) in [5, 5.41) is 4.74. The fourth-order valence-corrected chi connectivity index (χ4v) is 5.22. The summed E-state index contributed by atoms with van der Waals surface area (Å²) < 4.78 is 1.80. The van der Waals surface area contributed by atoms with E-state index in [0.717, 1.165) is 59.8 Å². The molecule has 3 atom stereocenters. The Morgan fingerprint density at radius 3 is 2.76 bits per heavy atom. The monoisotopic (exact) mass is 483 g/mol. The lowest BCUT2D eigenvalue weighted by molar-refractivity contribution is -0.138. The number of aryl methyl sites for hydroxylation is 3. The van der Waals surface area contributed by atoms with Gasteiger partial charge in [0.15, 0.2) is 5.65 Å². The zero-order chi connectivity index (χ0) is 23.5. The van der Waals surface area contributed by atoms with Gasteiger partial charge in [0.1, 0.15) is 11.4 Å². The van der Waals surface area contributed by atoms with Crippen LogP contribution < -0.4 is 16.4 Å². The van der Waals surface area contributed by atoms with Gasteiger partial charge in [-0.2, -0.15) is 5.10 Å². The number of halogens is 1. The summed E-state index contributed by atoms with van der Waals surface area (Å²) in [6.45, 7) is 7.80. The van der Waals surface area contributed by atoms with Crippen LogP contribution in [-0.2, 0) is 16.8 Å². The largest absolute Gasteiger partial charge is 0.355 e. The van der Waals surface area contributed by atoms with Crippen molar-refractivity contribution < 1.29 is 4.79 Å². The quantitative estimate of drug-likeness (QED) is 0.591. The van der Waals surface area contributed by atoms with Crippen LogP contribution in [0.15, 0.2) is 30.5 Å². The summed E-state index contributed by atoms with van der Waals surface area (Å²) in [6, 6.07) is 8.15. The van der Waals surface area contributed by atoms with Gasteiger partial charge in [0.05, 0.1) is 11.7 Å². The maximum atomic E-state index is 13.6. The zero-order valence-electron chi connectivity index (χ0n) is 20.3. The third-order valence-electron chi connectivity index (χ3n) is 7.39. The highest BCUT2D eigenvalue weighted by Crippen LogP contribution is 2.38. The first-order valence-corrected chi connectivity index (χ1v) is 11.7. The molecule has 0 radical (unpaired) electrons. The topological polar surface area (TPSA) is 106 Å². The predicted molar refractivity (Wildman–Crippen MR) is 136 cm³/mol. The van der Waals surface area contributed by atoms with Crippen LogP contribution in [0.3, 0.4) is 0 Å². The Morgan fingerprint density at radius 2 is 2.06 bits per heavy atom. The summed E-state index contributed by atoms with van der Waals surface area (Å²) >= 11 is 0. The average molecular weight is 484 g/mol. The Bertz CT molecular complexity index is 1240. The number of nitrogens with zero attached hydrogens (tertiary/aromatic N) is 5. The van der Waals surface area contributed by atoms with Crippen molar-refractivity contribution in [3.63, 3.8) is 0 Å². The molecule has 34 heavy (non-hydrogen) atoms. The molecule has 0 spiro atoms. The van der Waals surface area contributed by atoms with Crippen LogP contribution in [0.2, 0.25) is 0 Å². The van der Waals surface area contributed by atoms with Crippen molar-refractivity contribution in [2.75, 3.05) is 25.0 Å². The number of carbonyl (C=O) groups is 1. The van der Waals surface area contributed by atoms with Crippen LogP contribution in [0.5, 0.6) is 0 Å². The molecule has 1 aliphatic carbocycles. The molecule has 0 saturated carbocycles. The van der Waals surface area contributed by atoms with Crippen LogP contribution in [0.25, 0.3) is 5.65 Å². The first-order valence-electron chi connectivity index (χ1n) is 11.7. The van der Waals surface area contributed by atoms with Crippen molar-refractivity contribution in [1.82, 2.24) is 19.5 Å². The number of rotatable bonds is 4. The maximum absolute atomic E-state index is 13.6. The number of carbonyl (C=O) groups excluding carboxylic acids is 1. The molecule has 2 aromatic heterocycles. The number of hydrogen-bond acceptors (Lipinski definition) is 6. The third kappa shape index (κ3) is 3.93. The fourth-order valence-electron chi connectivity index (χ4n) is 5.22. The summed E-state index contributed by atoms with van der Waals surface area (Å²) in [6.07, 6.45) is 4.42. The van der Waals surface area contributed by atoms with Crippen molar-refractivity contribution in [3.8, 4) is 0 Å². The minimum Gasteiger partial charge on any atom is -0.355 e. The van der Waals surface area contributed by atoms with Crippen LogP contribution in [-0.4, -0.2) is 51.6 Å². The van der Waals surface area contributed by atoms with E-state index in [1.54, 1.807) is 9.42 Å². The molecule has 2 aliphatic rings. The van der Waals surface area contributed by atoms with Gasteiger partial charge in [-0.3, -0.25) is 4.79 Å². The number of likely N-dealkylation sites (N-methyl/N-ethyl adjacent to an activating group) is 1. The van der Waals surface area contributed by atoms with E-state index in [4.69, 9.17) is 21.5 Å². The Morgan fingerprint density at radius 1 is 1.29 bits per heavy atom. The highest BCUT2D eigenvalue weighted by Gasteiger charge is 2.44. The van der Waals surface area contributed by atoms with E-state index >= 15 is 0 Å². The van der Waals surface area contributed by atoms with Gasteiger partial charge in [-0.05, 0) is 51.2 Å². The lowest BCUT2D eigenvalue weighted by Crippen LogP contribution is -2.51. The van der Waals surface area contributed by atoms with E-state index in [0.29, 0.717) is 6.42 Å². The van der Waals surface area contributed by atoms with Gasteiger partial charge in [-0.1, -0.05) is 23.8 Å². The highest BCUT2D eigenvalue weighted by atomic mass is 35.5. The number of hydrogen-bond donors (Lipinski definition) is 2. The normalized spacial score (nSPS) is 22.5. The molecule has 8 nitrogen and oxygen atoms in total. The second-order valence-corrected chi connectivity index (χ2v) is 9.84. The van der Waals surface area contributed by atoms with E-state index < -0.39 is 5.54 Å². The molecular formula is C25H34ClN7O. The second kappa shape index (κ2) is 8.83. The lowest BCUT2D eigenvalue weighted by Gasteiger charge is -2.33. The van der Waals surface area contributed by atoms with E-state index in [1.807, 2.05) is 40.1 Å². The van der Waals surface area contributed by atoms with Gasteiger partial charge >= 0.3 is 0 Å². The molecule has 1 fully saturated rings.